The van der Waals surface area contributed by atoms with Gasteiger partial charge in [0.2, 0.25) is 0 Å². The molecular weight excluding hydrogens is 264 g/mol. The fraction of sp³-hybridized carbons (Fsp3) is 0.615. The van der Waals surface area contributed by atoms with Crippen LogP contribution >= 0.6 is 11.3 Å². The molecule has 0 unspecified atom stereocenters. The minimum Gasteiger partial charge on any atom is -0.355 e. The number of nitrogens with zero attached hydrogens (tertiary/aromatic N) is 2. The van der Waals surface area contributed by atoms with Crippen molar-refractivity contribution in [2.24, 2.45) is 0 Å². The van der Waals surface area contributed by atoms with Crippen LogP contribution in [0, 0.1) is 10.1 Å². The Morgan fingerprint density at radius 3 is 2.74 bits per heavy atom. The molecule has 5 nitrogen and oxygen atoms in total. The smallest absolute Gasteiger partial charge is 0.304 e. The Labute approximate surface area is 116 Å². The van der Waals surface area contributed by atoms with Crippen LogP contribution in [0.4, 0.5) is 10.7 Å². The van der Waals surface area contributed by atoms with E-state index in [1.807, 2.05) is 0 Å². The van der Waals surface area contributed by atoms with Crippen LogP contribution in [0.3, 0.4) is 0 Å². The summed E-state index contributed by atoms with van der Waals surface area (Å²) in [7, 11) is 0. The molecule has 1 heterocycles. The summed E-state index contributed by atoms with van der Waals surface area (Å²) in [5.41, 5.74) is 0.0817. The van der Waals surface area contributed by atoms with Crippen LogP contribution in [-0.2, 0) is 0 Å². The van der Waals surface area contributed by atoms with Gasteiger partial charge in [-0.3, -0.25) is 14.9 Å². The molecule has 1 aromatic rings. The van der Waals surface area contributed by atoms with Crippen molar-refractivity contribution >= 4 is 27.8 Å². The van der Waals surface area contributed by atoms with Gasteiger partial charge in [-0.1, -0.05) is 13.3 Å². The van der Waals surface area contributed by atoms with E-state index in [0.717, 1.165) is 32.2 Å². The molecule has 0 radical (unpaired) electrons. The van der Waals surface area contributed by atoms with Gasteiger partial charge in [0, 0.05) is 18.7 Å². The van der Waals surface area contributed by atoms with Crippen molar-refractivity contribution in [3.8, 4) is 0 Å². The van der Waals surface area contributed by atoms with E-state index in [1.165, 1.54) is 24.3 Å². The summed E-state index contributed by atoms with van der Waals surface area (Å²) in [6.45, 7) is 4.39. The second kappa shape index (κ2) is 5.69. The predicted octanol–water partition coefficient (Wildman–Crippen LogP) is 3.63. The molecule has 0 saturated heterocycles. The molecular formula is C13H18N2O3S. The molecule has 6 heteroatoms. The quantitative estimate of drug-likeness (QED) is 0.435. The zero-order chi connectivity index (χ0) is 14.0. The molecule has 104 valence electrons. The molecule has 1 aromatic heterocycles. The molecule has 1 aliphatic rings. The van der Waals surface area contributed by atoms with Gasteiger partial charge in [-0.25, -0.2) is 0 Å². The first-order valence-corrected chi connectivity index (χ1v) is 7.42. The van der Waals surface area contributed by atoms with E-state index in [1.54, 1.807) is 0 Å². The molecule has 0 bridgehead atoms. The number of nitro groups is 1. The van der Waals surface area contributed by atoms with E-state index in [4.69, 9.17) is 0 Å². The van der Waals surface area contributed by atoms with E-state index in [9.17, 15) is 14.9 Å². The van der Waals surface area contributed by atoms with Crippen LogP contribution in [0.15, 0.2) is 6.07 Å². The second-order valence-corrected chi connectivity index (χ2v) is 5.92. The molecule has 0 aromatic carbocycles. The van der Waals surface area contributed by atoms with Gasteiger partial charge in [0.15, 0.2) is 10.8 Å². The molecule has 0 N–H and O–H groups in total. The summed E-state index contributed by atoms with van der Waals surface area (Å²) >= 11 is 1.26. The number of hydrogen-bond donors (Lipinski definition) is 0. The molecule has 0 spiro atoms. The van der Waals surface area contributed by atoms with Crippen LogP contribution in [0.1, 0.15) is 49.2 Å². The van der Waals surface area contributed by atoms with Gasteiger partial charge in [0.05, 0.1) is 9.80 Å². The number of Topliss-reactive ketones (excluding diaryl/α,β-unsaturated/α-hetero) is 1. The van der Waals surface area contributed by atoms with Crippen LogP contribution < -0.4 is 4.90 Å². The lowest BCUT2D eigenvalue weighted by Crippen LogP contribution is -2.26. The lowest BCUT2D eigenvalue weighted by atomic mass is 10.3. The second-order valence-electron chi connectivity index (χ2n) is 4.89. The molecule has 2 rings (SSSR count). The van der Waals surface area contributed by atoms with Gasteiger partial charge in [-0.2, -0.15) is 0 Å². The van der Waals surface area contributed by atoms with E-state index < -0.39 is 0 Å². The lowest BCUT2D eigenvalue weighted by molar-refractivity contribution is -0.383. The Balaban J connectivity index is 2.33. The van der Waals surface area contributed by atoms with Crippen LogP contribution in [0.25, 0.3) is 0 Å². The normalized spacial score (nSPS) is 14.4. The number of ketones is 1. The van der Waals surface area contributed by atoms with Crippen molar-refractivity contribution < 1.29 is 9.72 Å². The van der Waals surface area contributed by atoms with Crippen molar-refractivity contribution in [2.75, 3.05) is 11.4 Å². The fourth-order valence-electron chi connectivity index (χ4n) is 2.05. The van der Waals surface area contributed by atoms with Crippen LogP contribution in [0.5, 0.6) is 0 Å². The first kappa shape index (κ1) is 14.0. The average Bonchev–Trinajstić information content (AvgIpc) is 3.07. The Hall–Kier alpha value is -1.43. The van der Waals surface area contributed by atoms with Gasteiger partial charge in [0.1, 0.15) is 0 Å². The van der Waals surface area contributed by atoms with Gasteiger partial charge in [-0.05, 0) is 26.2 Å². The highest BCUT2D eigenvalue weighted by molar-refractivity contribution is 7.18. The third kappa shape index (κ3) is 3.12. The molecule has 1 saturated carbocycles. The lowest BCUT2D eigenvalue weighted by Gasteiger charge is -2.21. The molecule has 1 fully saturated rings. The number of carbonyl (C=O) groups is 1. The van der Waals surface area contributed by atoms with E-state index in [0.29, 0.717) is 15.9 Å². The Morgan fingerprint density at radius 1 is 1.58 bits per heavy atom. The Bertz CT molecular complexity index is 494. The Morgan fingerprint density at radius 2 is 2.26 bits per heavy atom. The zero-order valence-electron chi connectivity index (χ0n) is 11.2. The SMILES string of the molecule is CCCCN(c1sc(C(C)=O)cc1[N+](=O)[O-])C1CC1. The summed E-state index contributed by atoms with van der Waals surface area (Å²) in [4.78, 5) is 24.8. The van der Waals surface area contributed by atoms with Crippen molar-refractivity contribution in [2.45, 2.75) is 45.6 Å². The minimum absolute atomic E-state index is 0.0817. The van der Waals surface area contributed by atoms with Crippen molar-refractivity contribution in [1.29, 1.82) is 0 Å². The summed E-state index contributed by atoms with van der Waals surface area (Å²) in [6, 6.07) is 1.84. The van der Waals surface area contributed by atoms with E-state index in [2.05, 4.69) is 11.8 Å². The number of thiophene rings is 1. The molecule has 0 aliphatic heterocycles. The van der Waals surface area contributed by atoms with Gasteiger partial charge in [-0.15, -0.1) is 11.3 Å². The molecule has 0 atom stereocenters. The third-order valence-electron chi connectivity index (χ3n) is 3.24. The molecule has 1 aliphatic carbocycles. The van der Waals surface area contributed by atoms with Crippen LogP contribution in [-0.4, -0.2) is 23.3 Å². The summed E-state index contributed by atoms with van der Waals surface area (Å²) in [6.07, 6.45) is 4.26. The van der Waals surface area contributed by atoms with E-state index >= 15 is 0 Å². The first-order valence-electron chi connectivity index (χ1n) is 6.60. The summed E-state index contributed by atoms with van der Waals surface area (Å²) < 4.78 is 0. The van der Waals surface area contributed by atoms with Gasteiger partial charge >= 0.3 is 5.69 Å². The van der Waals surface area contributed by atoms with Crippen molar-refractivity contribution in [3.05, 3.63) is 21.1 Å². The third-order valence-corrected chi connectivity index (χ3v) is 4.50. The predicted molar refractivity (Wildman–Crippen MR) is 76.3 cm³/mol. The molecule has 0 amide bonds. The maximum atomic E-state index is 11.4. The summed E-state index contributed by atoms with van der Waals surface area (Å²) in [5.74, 6) is -0.106. The number of unbranched alkanes of at least 4 members (excludes halogenated alkanes) is 1. The van der Waals surface area contributed by atoms with Gasteiger partial charge < -0.3 is 4.90 Å². The van der Waals surface area contributed by atoms with Crippen molar-refractivity contribution in [1.82, 2.24) is 0 Å². The topological polar surface area (TPSA) is 63.5 Å². The van der Waals surface area contributed by atoms with E-state index in [-0.39, 0.29) is 16.4 Å². The largest absolute Gasteiger partial charge is 0.355 e. The maximum Gasteiger partial charge on any atom is 0.304 e. The fourth-order valence-corrected chi connectivity index (χ4v) is 3.16. The highest BCUT2D eigenvalue weighted by atomic mass is 32.1. The first-order chi connectivity index (χ1) is 9.04. The highest BCUT2D eigenvalue weighted by Crippen LogP contribution is 2.43. The van der Waals surface area contributed by atoms with Crippen molar-refractivity contribution in [3.63, 3.8) is 0 Å². The zero-order valence-corrected chi connectivity index (χ0v) is 12.0. The monoisotopic (exact) mass is 282 g/mol. The van der Waals surface area contributed by atoms with Crippen LogP contribution in [0.2, 0.25) is 0 Å². The number of carbonyl (C=O) groups excluding carboxylic acids is 1. The maximum absolute atomic E-state index is 11.4. The average molecular weight is 282 g/mol. The number of hydrogen-bond acceptors (Lipinski definition) is 5. The number of anilines is 1. The Kier molecular flexibility index (Phi) is 4.19. The molecule has 19 heavy (non-hydrogen) atoms. The highest BCUT2D eigenvalue weighted by Gasteiger charge is 2.34. The minimum atomic E-state index is -0.375. The number of rotatable bonds is 7. The standard InChI is InChI=1S/C13H18N2O3S/c1-3-4-7-14(10-5-6-10)13-11(15(17)18)8-12(19-13)9(2)16/h8,10H,3-7H2,1-2H3. The summed E-state index contributed by atoms with van der Waals surface area (Å²) in [5, 5.41) is 11.8. The van der Waals surface area contributed by atoms with Gasteiger partial charge in [0.25, 0.3) is 0 Å².